The summed E-state index contributed by atoms with van der Waals surface area (Å²) < 4.78 is 2.31. The molecule has 0 fully saturated rings. The molecule has 1 aromatic rings. The molecule has 0 saturated heterocycles. The van der Waals surface area contributed by atoms with E-state index in [0.717, 1.165) is 19.6 Å². The zero-order valence-corrected chi connectivity index (χ0v) is 10.1. The van der Waals surface area contributed by atoms with Gasteiger partial charge in [0.15, 0.2) is 0 Å². The highest BCUT2D eigenvalue weighted by molar-refractivity contribution is 5.07. The van der Waals surface area contributed by atoms with E-state index in [1.807, 2.05) is 0 Å². The first-order chi connectivity index (χ1) is 7.24. The fourth-order valence-corrected chi connectivity index (χ4v) is 1.55. The number of hydrogen-bond donors (Lipinski definition) is 1. The van der Waals surface area contributed by atoms with Crippen LogP contribution in [0.3, 0.4) is 0 Å². The van der Waals surface area contributed by atoms with Gasteiger partial charge in [-0.1, -0.05) is 18.6 Å². The summed E-state index contributed by atoms with van der Waals surface area (Å²) in [6, 6.07) is 4.30. The first-order valence-corrected chi connectivity index (χ1v) is 5.72. The number of nitrogens with one attached hydrogen (secondary N) is 1. The minimum atomic E-state index is 0.955. The summed E-state index contributed by atoms with van der Waals surface area (Å²) in [7, 11) is 0. The van der Waals surface area contributed by atoms with E-state index < -0.39 is 0 Å². The lowest BCUT2D eigenvalue weighted by Gasteiger charge is -2.08. The molecule has 0 aliphatic heterocycles. The van der Waals surface area contributed by atoms with E-state index in [1.54, 1.807) is 0 Å². The Morgan fingerprint density at radius 3 is 2.93 bits per heavy atom. The number of rotatable bonds is 6. The fraction of sp³-hybridized carbons (Fsp3) is 0.538. The Morgan fingerprint density at radius 1 is 1.47 bits per heavy atom. The SMILES string of the molecule is CCCn1cccc1CNCC=C(C)C. The second-order valence-corrected chi connectivity index (χ2v) is 4.11. The molecule has 1 aromatic heterocycles. The van der Waals surface area contributed by atoms with Gasteiger partial charge < -0.3 is 9.88 Å². The van der Waals surface area contributed by atoms with Crippen molar-refractivity contribution < 1.29 is 0 Å². The molecule has 0 radical (unpaired) electrons. The van der Waals surface area contributed by atoms with Gasteiger partial charge in [-0.25, -0.2) is 0 Å². The minimum Gasteiger partial charge on any atom is -0.350 e. The van der Waals surface area contributed by atoms with Gasteiger partial charge in [0.1, 0.15) is 0 Å². The molecule has 2 nitrogen and oxygen atoms in total. The minimum absolute atomic E-state index is 0.955. The predicted octanol–water partition coefficient (Wildman–Crippen LogP) is 2.95. The van der Waals surface area contributed by atoms with E-state index in [1.165, 1.54) is 17.7 Å². The molecule has 0 spiro atoms. The van der Waals surface area contributed by atoms with Crippen molar-refractivity contribution in [1.29, 1.82) is 0 Å². The van der Waals surface area contributed by atoms with Crippen molar-refractivity contribution in [2.45, 2.75) is 40.3 Å². The Bertz CT molecular complexity index is 306. The molecule has 0 aliphatic rings. The van der Waals surface area contributed by atoms with E-state index >= 15 is 0 Å². The number of hydrogen-bond acceptors (Lipinski definition) is 1. The van der Waals surface area contributed by atoms with Crippen LogP contribution in [0.2, 0.25) is 0 Å². The van der Waals surface area contributed by atoms with Gasteiger partial charge in [0, 0.05) is 31.5 Å². The Morgan fingerprint density at radius 2 is 2.27 bits per heavy atom. The number of aromatic nitrogens is 1. The topological polar surface area (TPSA) is 17.0 Å². The molecule has 2 heteroatoms. The van der Waals surface area contributed by atoms with Gasteiger partial charge in [-0.15, -0.1) is 0 Å². The van der Waals surface area contributed by atoms with Gasteiger partial charge >= 0.3 is 0 Å². The molecule has 0 atom stereocenters. The van der Waals surface area contributed by atoms with Crippen LogP contribution in [0.15, 0.2) is 30.0 Å². The lowest BCUT2D eigenvalue weighted by molar-refractivity contribution is 0.619. The molecule has 1 rings (SSSR count). The average molecular weight is 206 g/mol. The van der Waals surface area contributed by atoms with Crippen LogP contribution in [0.25, 0.3) is 0 Å². The Labute approximate surface area is 93.0 Å². The van der Waals surface area contributed by atoms with Crippen molar-refractivity contribution in [2.24, 2.45) is 0 Å². The summed E-state index contributed by atoms with van der Waals surface area (Å²) in [6.45, 7) is 9.49. The zero-order chi connectivity index (χ0) is 11.1. The monoisotopic (exact) mass is 206 g/mol. The number of aryl methyl sites for hydroxylation is 1. The molecule has 1 heterocycles. The number of nitrogens with zero attached hydrogens (tertiary/aromatic N) is 1. The third kappa shape index (κ3) is 4.34. The van der Waals surface area contributed by atoms with Crippen molar-refractivity contribution in [2.75, 3.05) is 6.54 Å². The normalized spacial score (nSPS) is 10.3. The van der Waals surface area contributed by atoms with Crippen LogP contribution in [0.5, 0.6) is 0 Å². The maximum Gasteiger partial charge on any atom is 0.0362 e. The summed E-state index contributed by atoms with van der Waals surface area (Å²) >= 11 is 0. The molecule has 0 aromatic carbocycles. The van der Waals surface area contributed by atoms with E-state index in [-0.39, 0.29) is 0 Å². The lowest BCUT2D eigenvalue weighted by atomic mass is 10.3. The third-order valence-electron chi connectivity index (χ3n) is 2.35. The Balaban J connectivity index is 2.36. The van der Waals surface area contributed by atoms with Gasteiger partial charge in [-0.2, -0.15) is 0 Å². The first-order valence-electron chi connectivity index (χ1n) is 5.72. The predicted molar refractivity (Wildman–Crippen MR) is 65.9 cm³/mol. The summed E-state index contributed by atoms with van der Waals surface area (Å²) in [6.07, 6.45) is 5.56. The van der Waals surface area contributed by atoms with Crippen LogP contribution in [0, 0.1) is 0 Å². The molecule has 84 valence electrons. The quantitative estimate of drug-likeness (QED) is 0.559. The third-order valence-corrected chi connectivity index (χ3v) is 2.35. The summed E-state index contributed by atoms with van der Waals surface area (Å²) in [5, 5.41) is 3.42. The van der Waals surface area contributed by atoms with Crippen LogP contribution in [-0.2, 0) is 13.1 Å². The van der Waals surface area contributed by atoms with Crippen molar-refractivity contribution in [3.63, 3.8) is 0 Å². The smallest absolute Gasteiger partial charge is 0.0362 e. The van der Waals surface area contributed by atoms with E-state index in [4.69, 9.17) is 0 Å². The van der Waals surface area contributed by atoms with E-state index in [2.05, 4.69) is 55.1 Å². The molecule has 0 amide bonds. The molecule has 0 aliphatic carbocycles. The maximum atomic E-state index is 3.42. The Kier molecular flexibility index (Phi) is 5.19. The van der Waals surface area contributed by atoms with E-state index in [9.17, 15) is 0 Å². The van der Waals surface area contributed by atoms with Crippen molar-refractivity contribution in [3.05, 3.63) is 35.7 Å². The van der Waals surface area contributed by atoms with Crippen LogP contribution in [0.4, 0.5) is 0 Å². The van der Waals surface area contributed by atoms with Gasteiger partial charge in [0.05, 0.1) is 0 Å². The fourth-order valence-electron chi connectivity index (χ4n) is 1.55. The zero-order valence-electron chi connectivity index (χ0n) is 10.1. The van der Waals surface area contributed by atoms with Crippen molar-refractivity contribution >= 4 is 0 Å². The standard InChI is InChI=1S/C13H22N2/c1-4-9-15-10-5-6-13(15)11-14-8-7-12(2)3/h5-7,10,14H,4,8-9,11H2,1-3H3. The largest absolute Gasteiger partial charge is 0.350 e. The van der Waals surface area contributed by atoms with Crippen molar-refractivity contribution in [1.82, 2.24) is 9.88 Å². The van der Waals surface area contributed by atoms with Crippen LogP contribution < -0.4 is 5.32 Å². The van der Waals surface area contributed by atoms with Crippen LogP contribution >= 0.6 is 0 Å². The van der Waals surface area contributed by atoms with Crippen molar-refractivity contribution in [3.8, 4) is 0 Å². The summed E-state index contributed by atoms with van der Waals surface area (Å²) in [5.74, 6) is 0. The highest BCUT2D eigenvalue weighted by Crippen LogP contribution is 2.03. The molecule has 0 saturated carbocycles. The number of allylic oxidation sites excluding steroid dienone is 1. The van der Waals surface area contributed by atoms with Gasteiger partial charge in [-0.3, -0.25) is 0 Å². The van der Waals surface area contributed by atoms with Crippen LogP contribution in [-0.4, -0.2) is 11.1 Å². The average Bonchev–Trinajstić information content (AvgIpc) is 2.61. The highest BCUT2D eigenvalue weighted by Gasteiger charge is 1.97. The molecule has 0 unspecified atom stereocenters. The maximum absolute atomic E-state index is 3.42. The molecular formula is C13H22N2. The molecule has 0 bridgehead atoms. The van der Waals surface area contributed by atoms with Gasteiger partial charge in [0.2, 0.25) is 0 Å². The second kappa shape index (κ2) is 6.46. The Hall–Kier alpha value is -1.02. The molecule has 1 N–H and O–H groups in total. The second-order valence-electron chi connectivity index (χ2n) is 4.11. The highest BCUT2D eigenvalue weighted by atomic mass is 15.0. The molecular weight excluding hydrogens is 184 g/mol. The molecule has 15 heavy (non-hydrogen) atoms. The van der Waals surface area contributed by atoms with E-state index in [0.29, 0.717) is 0 Å². The van der Waals surface area contributed by atoms with Crippen LogP contribution in [0.1, 0.15) is 32.9 Å². The summed E-state index contributed by atoms with van der Waals surface area (Å²) in [4.78, 5) is 0. The summed E-state index contributed by atoms with van der Waals surface area (Å²) in [5.41, 5.74) is 2.74. The lowest BCUT2D eigenvalue weighted by Crippen LogP contribution is -2.16. The van der Waals surface area contributed by atoms with Gasteiger partial charge in [-0.05, 0) is 32.4 Å². The first kappa shape index (κ1) is 12.1. The van der Waals surface area contributed by atoms with Gasteiger partial charge in [0.25, 0.3) is 0 Å².